The summed E-state index contributed by atoms with van der Waals surface area (Å²) in [4.78, 5) is 45.4. The Balaban J connectivity index is 1.54. The van der Waals surface area contributed by atoms with Gasteiger partial charge < -0.3 is 4.90 Å². The van der Waals surface area contributed by atoms with Crippen molar-refractivity contribution in [3.05, 3.63) is 142 Å². The van der Waals surface area contributed by atoms with E-state index in [2.05, 4.69) is 0 Å². The predicted molar refractivity (Wildman–Crippen MR) is 148 cm³/mol. The van der Waals surface area contributed by atoms with E-state index in [9.17, 15) is 18.8 Å². The Morgan fingerprint density at radius 1 is 0.821 bits per heavy atom. The van der Waals surface area contributed by atoms with Crippen LogP contribution in [0, 0.1) is 11.2 Å². The SMILES string of the molecule is O=C(c1ccc(F)cc1)[C@H]1[C@H](c2ccccc2)C2(C(=O)c3ccccc3C2=O)[C@@H]2C=Cc3cc(Cl)ccc3N21. The van der Waals surface area contributed by atoms with Gasteiger partial charge in [0.1, 0.15) is 17.3 Å². The van der Waals surface area contributed by atoms with Gasteiger partial charge in [-0.15, -0.1) is 0 Å². The second-order valence-electron chi connectivity index (χ2n) is 10.2. The van der Waals surface area contributed by atoms with Gasteiger partial charge in [0.15, 0.2) is 17.3 Å². The fourth-order valence-electron chi connectivity index (χ4n) is 6.77. The van der Waals surface area contributed by atoms with Crippen molar-refractivity contribution in [2.24, 2.45) is 5.41 Å². The summed E-state index contributed by atoms with van der Waals surface area (Å²) in [5.41, 5.74) is 1.68. The molecule has 4 aromatic carbocycles. The molecule has 0 aromatic heterocycles. The molecule has 39 heavy (non-hydrogen) atoms. The number of ketones is 3. The molecule has 4 aromatic rings. The van der Waals surface area contributed by atoms with E-state index in [0.717, 1.165) is 5.56 Å². The van der Waals surface area contributed by atoms with Gasteiger partial charge in [-0.2, -0.15) is 0 Å². The monoisotopic (exact) mass is 533 g/mol. The number of hydrogen-bond donors (Lipinski definition) is 0. The number of benzene rings is 4. The summed E-state index contributed by atoms with van der Waals surface area (Å²) in [6, 6.07) is 25.3. The molecule has 0 unspecified atom stereocenters. The van der Waals surface area contributed by atoms with Gasteiger partial charge in [-0.3, -0.25) is 14.4 Å². The fraction of sp³-hybridized carbons (Fsp3) is 0.121. The first-order valence-corrected chi connectivity index (χ1v) is 13.1. The van der Waals surface area contributed by atoms with Crippen molar-refractivity contribution >= 4 is 40.7 Å². The second-order valence-corrected chi connectivity index (χ2v) is 10.6. The smallest absolute Gasteiger partial charge is 0.185 e. The molecule has 1 saturated heterocycles. The molecule has 2 aliphatic heterocycles. The van der Waals surface area contributed by atoms with Crippen molar-refractivity contribution in [3.8, 4) is 0 Å². The number of carbonyl (C=O) groups is 3. The third-order valence-corrected chi connectivity index (χ3v) is 8.56. The van der Waals surface area contributed by atoms with Crippen LogP contribution >= 0.6 is 11.6 Å². The molecule has 0 bridgehead atoms. The van der Waals surface area contributed by atoms with Gasteiger partial charge in [-0.25, -0.2) is 4.39 Å². The molecule has 7 rings (SSSR count). The van der Waals surface area contributed by atoms with Gasteiger partial charge in [0.05, 0.1) is 6.04 Å². The second kappa shape index (κ2) is 8.58. The van der Waals surface area contributed by atoms with E-state index in [1.807, 2.05) is 53.5 Å². The molecule has 4 nitrogen and oxygen atoms in total. The number of fused-ring (bicyclic) bond motifs is 5. The summed E-state index contributed by atoms with van der Waals surface area (Å²) in [6.45, 7) is 0. The van der Waals surface area contributed by atoms with E-state index >= 15 is 0 Å². The van der Waals surface area contributed by atoms with E-state index in [0.29, 0.717) is 33.0 Å². The average Bonchev–Trinajstić information content (AvgIpc) is 3.39. The number of hydrogen-bond acceptors (Lipinski definition) is 4. The van der Waals surface area contributed by atoms with Crippen molar-refractivity contribution in [2.75, 3.05) is 4.90 Å². The molecule has 1 spiro atoms. The molecule has 0 N–H and O–H groups in total. The predicted octanol–water partition coefficient (Wildman–Crippen LogP) is 6.80. The van der Waals surface area contributed by atoms with Crippen LogP contribution in [0.2, 0.25) is 5.02 Å². The third kappa shape index (κ3) is 3.20. The molecule has 0 radical (unpaired) electrons. The maximum Gasteiger partial charge on any atom is 0.185 e. The standard InChI is InChI=1S/C33H21ClFNO3/c34-22-13-16-26-21(18-22)12-17-27-33(31(38)24-8-4-5-9-25(24)32(33)39)28(19-6-2-1-3-7-19)29(36(26)27)30(37)20-10-14-23(35)15-11-20/h1-18,27-29H/t27-,28-,29+/m0/s1. The normalized spacial score (nSPS) is 22.1. The largest absolute Gasteiger partial charge is 0.352 e. The van der Waals surface area contributed by atoms with E-state index in [1.165, 1.54) is 24.3 Å². The van der Waals surface area contributed by atoms with E-state index in [-0.39, 0.29) is 17.3 Å². The molecule has 1 aliphatic carbocycles. The van der Waals surface area contributed by atoms with Gasteiger partial charge in [0.25, 0.3) is 0 Å². The first-order valence-electron chi connectivity index (χ1n) is 12.7. The summed E-state index contributed by atoms with van der Waals surface area (Å²) >= 11 is 6.32. The maximum absolute atomic E-state index is 14.5. The Labute approximate surface area is 229 Å². The third-order valence-electron chi connectivity index (χ3n) is 8.32. The molecule has 2 heterocycles. The Kier molecular flexibility index (Phi) is 5.23. The molecule has 190 valence electrons. The maximum atomic E-state index is 14.5. The van der Waals surface area contributed by atoms with Crippen LogP contribution in [0.4, 0.5) is 10.1 Å². The minimum atomic E-state index is -1.57. The van der Waals surface area contributed by atoms with Crippen LogP contribution in [0.15, 0.2) is 103 Å². The minimum absolute atomic E-state index is 0.288. The summed E-state index contributed by atoms with van der Waals surface area (Å²) in [5.74, 6) is -2.13. The highest BCUT2D eigenvalue weighted by Gasteiger charge is 2.71. The highest BCUT2D eigenvalue weighted by Crippen LogP contribution is 2.61. The molecule has 0 amide bonds. The fourth-order valence-corrected chi connectivity index (χ4v) is 6.95. The van der Waals surface area contributed by atoms with E-state index in [1.54, 1.807) is 36.4 Å². The zero-order valence-electron chi connectivity index (χ0n) is 20.6. The lowest BCUT2D eigenvalue weighted by Gasteiger charge is -2.37. The van der Waals surface area contributed by atoms with Crippen molar-refractivity contribution in [2.45, 2.75) is 18.0 Å². The summed E-state index contributed by atoms with van der Waals surface area (Å²) in [7, 11) is 0. The highest BCUT2D eigenvalue weighted by atomic mass is 35.5. The van der Waals surface area contributed by atoms with Crippen LogP contribution in [0.3, 0.4) is 0 Å². The average molecular weight is 534 g/mol. The van der Waals surface area contributed by atoms with E-state index < -0.39 is 29.2 Å². The number of nitrogens with zero attached hydrogens (tertiary/aromatic N) is 1. The molecular weight excluding hydrogens is 513 g/mol. The lowest BCUT2D eigenvalue weighted by molar-refractivity contribution is 0.0666. The van der Waals surface area contributed by atoms with Crippen molar-refractivity contribution in [1.82, 2.24) is 0 Å². The zero-order chi connectivity index (χ0) is 26.9. The lowest BCUT2D eigenvalue weighted by atomic mass is 9.64. The highest BCUT2D eigenvalue weighted by molar-refractivity contribution is 6.32. The van der Waals surface area contributed by atoms with E-state index in [4.69, 9.17) is 11.6 Å². The van der Waals surface area contributed by atoms with Crippen LogP contribution in [0.1, 0.15) is 48.1 Å². The Morgan fingerprint density at radius 2 is 1.46 bits per heavy atom. The van der Waals surface area contributed by atoms with Gasteiger partial charge in [0, 0.05) is 33.3 Å². The van der Waals surface area contributed by atoms with Gasteiger partial charge in [-0.1, -0.05) is 78.4 Å². The van der Waals surface area contributed by atoms with Crippen molar-refractivity contribution in [1.29, 1.82) is 0 Å². The van der Waals surface area contributed by atoms with Gasteiger partial charge >= 0.3 is 0 Å². The summed E-state index contributed by atoms with van der Waals surface area (Å²) in [6.07, 6.45) is 3.73. The van der Waals surface area contributed by atoms with Crippen molar-refractivity contribution in [3.63, 3.8) is 0 Å². The first kappa shape index (κ1) is 23.7. The zero-order valence-corrected chi connectivity index (χ0v) is 21.3. The Bertz CT molecular complexity index is 1680. The molecule has 6 heteroatoms. The molecule has 3 aliphatic rings. The van der Waals surface area contributed by atoms with Crippen LogP contribution in [-0.2, 0) is 0 Å². The summed E-state index contributed by atoms with van der Waals surface area (Å²) in [5, 5.41) is 0.534. The molecular formula is C33H21ClFNO3. The molecule has 0 saturated carbocycles. The number of carbonyl (C=O) groups excluding carboxylic acids is 3. The Hall–Kier alpha value is -4.35. The number of rotatable bonds is 3. The Morgan fingerprint density at radius 3 is 2.13 bits per heavy atom. The molecule has 1 fully saturated rings. The van der Waals surface area contributed by atoms with Crippen molar-refractivity contribution < 1.29 is 18.8 Å². The minimum Gasteiger partial charge on any atom is -0.352 e. The first-order chi connectivity index (χ1) is 18.9. The number of Topliss-reactive ketones (excluding diaryl/α,β-unsaturated/α-hetero) is 3. The number of anilines is 1. The lowest BCUT2D eigenvalue weighted by Crippen LogP contribution is -2.48. The quantitative estimate of drug-likeness (QED) is 0.215. The topological polar surface area (TPSA) is 54.5 Å². The van der Waals surface area contributed by atoms with Gasteiger partial charge in [0.2, 0.25) is 0 Å². The molecule has 3 atom stereocenters. The van der Waals surface area contributed by atoms with Crippen LogP contribution in [0.5, 0.6) is 0 Å². The van der Waals surface area contributed by atoms with Gasteiger partial charge in [-0.05, 0) is 53.6 Å². The number of halogens is 2. The van der Waals surface area contributed by atoms with Crippen LogP contribution < -0.4 is 4.90 Å². The van der Waals surface area contributed by atoms with Crippen LogP contribution in [0.25, 0.3) is 6.08 Å². The summed E-state index contributed by atoms with van der Waals surface area (Å²) < 4.78 is 13.8. The van der Waals surface area contributed by atoms with Crippen LogP contribution in [-0.4, -0.2) is 29.4 Å².